The standard InChI is InChI=1S/C22H23F3N4O/c1-16-5-6-20-26-19(12-21(30)29(20)13-16)15-28-9-7-27(8-10-28)14-17-3-2-4-18(11-17)22(23,24)25/h2-6,11-13H,7-10,14-15H2,1H3. The van der Waals surface area contributed by atoms with Crippen LogP contribution < -0.4 is 5.56 Å². The Hall–Kier alpha value is -2.71. The molecular weight excluding hydrogens is 393 g/mol. The van der Waals surface area contributed by atoms with Crippen molar-refractivity contribution in [2.24, 2.45) is 0 Å². The molecule has 4 rings (SSSR count). The van der Waals surface area contributed by atoms with E-state index in [0.29, 0.717) is 24.3 Å². The number of hydrogen-bond donors (Lipinski definition) is 0. The lowest BCUT2D eigenvalue weighted by atomic mass is 10.1. The van der Waals surface area contributed by atoms with Crippen LogP contribution in [0.3, 0.4) is 0 Å². The van der Waals surface area contributed by atoms with Crippen LogP contribution in [0.2, 0.25) is 0 Å². The summed E-state index contributed by atoms with van der Waals surface area (Å²) in [6, 6.07) is 10.9. The average molecular weight is 416 g/mol. The molecule has 0 N–H and O–H groups in total. The van der Waals surface area contributed by atoms with Crippen molar-refractivity contribution >= 4 is 5.65 Å². The molecule has 0 aliphatic carbocycles. The summed E-state index contributed by atoms with van der Waals surface area (Å²) in [6.45, 7) is 6.05. The van der Waals surface area contributed by atoms with E-state index in [4.69, 9.17) is 0 Å². The van der Waals surface area contributed by atoms with Crippen molar-refractivity contribution in [1.82, 2.24) is 19.2 Å². The maximum absolute atomic E-state index is 12.9. The highest BCUT2D eigenvalue weighted by molar-refractivity contribution is 5.39. The van der Waals surface area contributed by atoms with E-state index in [-0.39, 0.29) is 5.56 Å². The van der Waals surface area contributed by atoms with Gasteiger partial charge < -0.3 is 0 Å². The van der Waals surface area contributed by atoms with E-state index >= 15 is 0 Å². The zero-order valence-electron chi connectivity index (χ0n) is 16.7. The van der Waals surface area contributed by atoms with Crippen molar-refractivity contribution in [2.75, 3.05) is 26.2 Å². The van der Waals surface area contributed by atoms with Crippen molar-refractivity contribution < 1.29 is 13.2 Å². The van der Waals surface area contributed by atoms with Gasteiger partial charge in [0.25, 0.3) is 5.56 Å². The first-order valence-electron chi connectivity index (χ1n) is 9.88. The van der Waals surface area contributed by atoms with E-state index in [1.165, 1.54) is 12.1 Å². The van der Waals surface area contributed by atoms with E-state index in [9.17, 15) is 18.0 Å². The van der Waals surface area contributed by atoms with Crippen molar-refractivity contribution in [3.05, 3.63) is 81.4 Å². The molecular formula is C22H23F3N4O. The van der Waals surface area contributed by atoms with Crippen LogP contribution >= 0.6 is 0 Å². The minimum absolute atomic E-state index is 0.0955. The van der Waals surface area contributed by atoms with Crippen LogP contribution in [0.15, 0.2) is 53.5 Å². The predicted octanol–water partition coefficient (Wildman–Crippen LogP) is 3.34. The monoisotopic (exact) mass is 416 g/mol. The number of benzene rings is 1. The summed E-state index contributed by atoms with van der Waals surface area (Å²) in [7, 11) is 0. The quantitative estimate of drug-likeness (QED) is 0.654. The van der Waals surface area contributed by atoms with E-state index in [0.717, 1.165) is 43.5 Å². The number of nitrogens with zero attached hydrogens (tertiary/aromatic N) is 4. The molecule has 0 spiro atoms. The Morgan fingerprint density at radius 2 is 1.67 bits per heavy atom. The first-order chi connectivity index (χ1) is 14.3. The molecule has 30 heavy (non-hydrogen) atoms. The van der Waals surface area contributed by atoms with Gasteiger partial charge in [0.15, 0.2) is 0 Å². The summed E-state index contributed by atoms with van der Waals surface area (Å²) in [5.74, 6) is 0. The lowest BCUT2D eigenvalue weighted by molar-refractivity contribution is -0.137. The third-order valence-corrected chi connectivity index (χ3v) is 5.37. The van der Waals surface area contributed by atoms with Crippen LogP contribution in [0.4, 0.5) is 13.2 Å². The maximum atomic E-state index is 12.9. The van der Waals surface area contributed by atoms with Gasteiger partial charge in [-0.15, -0.1) is 0 Å². The molecule has 1 saturated heterocycles. The molecule has 0 bridgehead atoms. The lowest BCUT2D eigenvalue weighted by Crippen LogP contribution is -2.45. The van der Waals surface area contributed by atoms with Crippen LogP contribution in [0.5, 0.6) is 0 Å². The molecule has 5 nitrogen and oxygen atoms in total. The number of pyridine rings is 1. The van der Waals surface area contributed by atoms with Crippen molar-refractivity contribution in [1.29, 1.82) is 0 Å². The smallest absolute Gasteiger partial charge is 0.297 e. The van der Waals surface area contributed by atoms with Crippen molar-refractivity contribution in [3.8, 4) is 0 Å². The summed E-state index contributed by atoms with van der Waals surface area (Å²) < 4.78 is 40.2. The van der Waals surface area contributed by atoms with E-state index in [2.05, 4.69) is 14.8 Å². The molecule has 0 atom stereocenters. The summed E-state index contributed by atoms with van der Waals surface area (Å²) in [5.41, 5.74) is 2.32. The number of hydrogen-bond acceptors (Lipinski definition) is 4. The fraction of sp³-hybridized carbons (Fsp3) is 0.364. The molecule has 0 amide bonds. The van der Waals surface area contributed by atoms with Crippen LogP contribution in [0.1, 0.15) is 22.4 Å². The summed E-state index contributed by atoms with van der Waals surface area (Å²) in [6.07, 6.45) is -2.54. The molecule has 2 aromatic heterocycles. The zero-order chi connectivity index (χ0) is 21.3. The number of piperazine rings is 1. The van der Waals surface area contributed by atoms with E-state index < -0.39 is 11.7 Å². The Kier molecular flexibility index (Phi) is 5.62. The van der Waals surface area contributed by atoms with Crippen LogP contribution in [-0.4, -0.2) is 45.4 Å². The largest absolute Gasteiger partial charge is 0.416 e. The Morgan fingerprint density at radius 1 is 0.967 bits per heavy atom. The Bertz CT molecular complexity index is 1100. The highest BCUT2D eigenvalue weighted by atomic mass is 19.4. The second kappa shape index (κ2) is 8.20. The second-order valence-electron chi connectivity index (χ2n) is 7.77. The van der Waals surface area contributed by atoms with E-state index in [1.807, 2.05) is 19.1 Å². The first-order valence-corrected chi connectivity index (χ1v) is 9.88. The van der Waals surface area contributed by atoms with Crippen molar-refractivity contribution in [3.63, 3.8) is 0 Å². The maximum Gasteiger partial charge on any atom is 0.416 e. The average Bonchev–Trinajstić information content (AvgIpc) is 2.70. The number of halogens is 3. The fourth-order valence-corrected chi connectivity index (χ4v) is 3.78. The molecule has 0 unspecified atom stereocenters. The molecule has 1 aliphatic heterocycles. The van der Waals surface area contributed by atoms with Gasteiger partial charge in [0.05, 0.1) is 11.3 Å². The predicted molar refractivity (Wildman–Crippen MR) is 108 cm³/mol. The Labute approximate surface area is 172 Å². The van der Waals surface area contributed by atoms with Gasteiger partial charge >= 0.3 is 6.18 Å². The van der Waals surface area contributed by atoms with Gasteiger partial charge in [-0.2, -0.15) is 13.2 Å². The molecule has 158 valence electrons. The van der Waals surface area contributed by atoms with Crippen LogP contribution in [0.25, 0.3) is 5.65 Å². The molecule has 3 aromatic rings. The van der Waals surface area contributed by atoms with Crippen LogP contribution in [-0.2, 0) is 19.3 Å². The topological polar surface area (TPSA) is 40.9 Å². The van der Waals surface area contributed by atoms with Gasteiger partial charge in [0, 0.05) is 51.5 Å². The third kappa shape index (κ3) is 4.71. The number of aryl methyl sites for hydroxylation is 1. The minimum atomic E-state index is -4.32. The molecule has 8 heteroatoms. The molecule has 1 aromatic carbocycles. The summed E-state index contributed by atoms with van der Waals surface area (Å²) >= 11 is 0. The number of fused-ring (bicyclic) bond motifs is 1. The van der Waals surface area contributed by atoms with Crippen LogP contribution in [0, 0.1) is 6.92 Å². The molecule has 1 fully saturated rings. The molecule has 0 radical (unpaired) electrons. The molecule has 3 heterocycles. The van der Waals surface area contributed by atoms with E-state index in [1.54, 1.807) is 22.7 Å². The highest BCUT2D eigenvalue weighted by Gasteiger charge is 2.30. The van der Waals surface area contributed by atoms with Gasteiger partial charge in [-0.25, -0.2) is 4.98 Å². The SMILES string of the molecule is Cc1ccc2nc(CN3CCN(Cc4cccc(C(F)(F)F)c4)CC3)cc(=O)n2c1. The Morgan fingerprint density at radius 3 is 2.37 bits per heavy atom. The normalized spacial score (nSPS) is 16.3. The summed E-state index contributed by atoms with van der Waals surface area (Å²) in [5, 5.41) is 0. The van der Waals surface area contributed by atoms with Gasteiger partial charge in [0.1, 0.15) is 5.65 Å². The van der Waals surface area contributed by atoms with Gasteiger partial charge in [-0.1, -0.05) is 24.3 Å². The molecule has 1 aliphatic rings. The van der Waals surface area contributed by atoms with Gasteiger partial charge in [-0.05, 0) is 30.2 Å². The minimum Gasteiger partial charge on any atom is -0.297 e. The fourth-order valence-electron chi connectivity index (χ4n) is 3.78. The second-order valence-corrected chi connectivity index (χ2v) is 7.77. The number of rotatable bonds is 4. The Balaban J connectivity index is 1.37. The summed E-state index contributed by atoms with van der Waals surface area (Å²) in [4.78, 5) is 21.3. The zero-order valence-corrected chi connectivity index (χ0v) is 16.7. The van der Waals surface area contributed by atoms with Crippen molar-refractivity contribution in [2.45, 2.75) is 26.2 Å². The number of alkyl halides is 3. The van der Waals surface area contributed by atoms with Gasteiger partial charge in [-0.3, -0.25) is 19.0 Å². The molecule has 0 saturated carbocycles. The third-order valence-electron chi connectivity index (χ3n) is 5.37. The first kappa shape index (κ1) is 20.6. The lowest BCUT2D eigenvalue weighted by Gasteiger charge is -2.34. The van der Waals surface area contributed by atoms with Gasteiger partial charge in [0.2, 0.25) is 0 Å². The number of aromatic nitrogens is 2. The highest BCUT2D eigenvalue weighted by Crippen LogP contribution is 2.29.